The van der Waals surface area contributed by atoms with Crippen LogP contribution in [0, 0.1) is 0 Å². The van der Waals surface area contributed by atoms with E-state index in [4.69, 9.17) is 9.47 Å². The van der Waals surface area contributed by atoms with Crippen molar-refractivity contribution in [3.63, 3.8) is 0 Å². The molecule has 1 aliphatic heterocycles. The number of methoxy groups -OCH3 is 1. The number of hydrogen-bond acceptors (Lipinski definition) is 3. The second kappa shape index (κ2) is 8.10. The van der Waals surface area contributed by atoms with E-state index in [1.807, 2.05) is 54.6 Å². The lowest BCUT2D eigenvalue weighted by Gasteiger charge is -2.35. The first-order valence-electron chi connectivity index (χ1n) is 10.7. The highest BCUT2D eigenvalue weighted by atomic mass is 19.4. The molecule has 3 aromatic rings. The Bertz CT molecular complexity index is 1210. The Kier molecular flexibility index (Phi) is 5.23. The zero-order chi connectivity index (χ0) is 23.2. The Morgan fingerprint density at radius 2 is 1.61 bits per heavy atom. The quantitative estimate of drug-likeness (QED) is 0.425. The summed E-state index contributed by atoms with van der Waals surface area (Å²) in [5.74, 6) is 0.758. The van der Waals surface area contributed by atoms with E-state index in [9.17, 15) is 18.0 Å². The summed E-state index contributed by atoms with van der Waals surface area (Å²) in [7, 11) is 1.50. The van der Waals surface area contributed by atoms with Crippen molar-refractivity contribution in [1.82, 2.24) is 0 Å². The van der Waals surface area contributed by atoms with Crippen molar-refractivity contribution in [2.24, 2.45) is 0 Å². The second-order valence-corrected chi connectivity index (χ2v) is 8.27. The van der Waals surface area contributed by atoms with Crippen molar-refractivity contribution in [1.29, 1.82) is 0 Å². The third-order valence-corrected chi connectivity index (χ3v) is 6.47. The Hall–Kier alpha value is -3.54. The van der Waals surface area contributed by atoms with E-state index in [1.54, 1.807) is 0 Å². The molecule has 1 aliphatic carbocycles. The summed E-state index contributed by atoms with van der Waals surface area (Å²) >= 11 is 0. The third kappa shape index (κ3) is 3.69. The number of benzene rings is 3. The normalized spacial score (nSPS) is 21.8. The summed E-state index contributed by atoms with van der Waals surface area (Å²) < 4.78 is 50.9. The number of Topliss-reactive ketones (excluding diaryl/α,β-unsaturated/α-hetero) is 1. The number of halogens is 3. The molecular weight excluding hydrogens is 429 g/mol. The number of ketones is 1. The highest BCUT2D eigenvalue weighted by Gasteiger charge is 2.48. The molecule has 168 valence electrons. The molecule has 0 saturated heterocycles. The van der Waals surface area contributed by atoms with E-state index < -0.39 is 17.8 Å². The van der Waals surface area contributed by atoms with E-state index in [0.717, 1.165) is 29.0 Å². The zero-order valence-corrected chi connectivity index (χ0v) is 17.8. The molecule has 3 nitrogen and oxygen atoms in total. The highest BCUT2D eigenvalue weighted by molar-refractivity contribution is 6.09. The van der Waals surface area contributed by atoms with Gasteiger partial charge in [0, 0.05) is 22.6 Å². The van der Waals surface area contributed by atoms with Crippen LogP contribution >= 0.6 is 0 Å². The van der Waals surface area contributed by atoms with Crippen LogP contribution in [0.1, 0.15) is 45.3 Å². The number of carbonyl (C=O) groups excluding carboxylic acids is 1. The number of allylic oxidation sites excluding steroid dienone is 1. The van der Waals surface area contributed by atoms with Crippen LogP contribution in [0.2, 0.25) is 0 Å². The van der Waals surface area contributed by atoms with Gasteiger partial charge in [0.15, 0.2) is 11.9 Å². The van der Waals surface area contributed by atoms with Crippen molar-refractivity contribution in [3.8, 4) is 5.75 Å². The minimum atomic E-state index is -4.46. The van der Waals surface area contributed by atoms with Gasteiger partial charge in [-0.25, -0.2) is 0 Å². The van der Waals surface area contributed by atoms with Crippen LogP contribution in [-0.2, 0) is 10.9 Å². The number of alkyl halides is 3. The van der Waals surface area contributed by atoms with Gasteiger partial charge in [-0.05, 0) is 36.1 Å². The van der Waals surface area contributed by atoms with Gasteiger partial charge < -0.3 is 9.47 Å². The molecule has 0 amide bonds. The van der Waals surface area contributed by atoms with Gasteiger partial charge in [-0.1, -0.05) is 60.7 Å². The molecule has 0 fully saturated rings. The van der Waals surface area contributed by atoms with Crippen LogP contribution in [0.3, 0.4) is 0 Å². The highest BCUT2D eigenvalue weighted by Crippen LogP contribution is 2.54. The maximum Gasteiger partial charge on any atom is 0.416 e. The van der Waals surface area contributed by atoms with Gasteiger partial charge in [-0.15, -0.1) is 0 Å². The third-order valence-electron chi connectivity index (χ3n) is 6.47. The second-order valence-electron chi connectivity index (χ2n) is 8.27. The average Bonchev–Trinajstić information content (AvgIpc) is 3.22. The standard InChI is InChI=1S/C27H21F3O3/c1-32-25-21(24(31)17-11-13-18(14-12-17)27(28,29)30)15-20(16-7-3-2-4-8-16)23-19-9-5-6-10-22(19)33-26(23)25/h2-14,20,23,26H,15H2,1H3/t20-,23-,26-/m1/s1. The molecule has 6 heteroatoms. The number of ether oxygens (including phenoxy) is 2. The van der Waals surface area contributed by atoms with Gasteiger partial charge in [0.2, 0.25) is 0 Å². The van der Waals surface area contributed by atoms with Crippen molar-refractivity contribution in [3.05, 3.63) is 112 Å². The first-order valence-corrected chi connectivity index (χ1v) is 10.7. The maximum absolute atomic E-state index is 13.5. The predicted octanol–water partition coefficient (Wildman–Crippen LogP) is 6.52. The van der Waals surface area contributed by atoms with E-state index >= 15 is 0 Å². The molecule has 0 aromatic heterocycles. The Morgan fingerprint density at radius 1 is 0.939 bits per heavy atom. The van der Waals surface area contributed by atoms with Crippen molar-refractivity contribution in [2.75, 3.05) is 7.11 Å². The Morgan fingerprint density at radius 3 is 2.27 bits per heavy atom. The van der Waals surface area contributed by atoms with E-state index in [0.29, 0.717) is 17.8 Å². The fourth-order valence-electron chi connectivity index (χ4n) is 4.95. The topological polar surface area (TPSA) is 35.5 Å². The molecule has 0 bridgehead atoms. The molecule has 3 atom stereocenters. The van der Waals surface area contributed by atoms with E-state index in [-0.39, 0.29) is 23.2 Å². The Labute approximate surface area is 189 Å². The monoisotopic (exact) mass is 450 g/mol. The summed E-state index contributed by atoms with van der Waals surface area (Å²) in [6, 6.07) is 22.0. The maximum atomic E-state index is 13.5. The largest absolute Gasteiger partial charge is 0.497 e. The van der Waals surface area contributed by atoms with Crippen LogP contribution in [0.25, 0.3) is 0 Å². The van der Waals surface area contributed by atoms with Gasteiger partial charge in [-0.2, -0.15) is 13.2 Å². The number of rotatable bonds is 4. The molecule has 1 heterocycles. The van der Waals surface area contributed by atoms with Crippen LogP contribution < -0.4 is 4.74 Å². The van der Waals surface area contributed by atoms with Gasteiger partial charge >= 0.3 is 6.18 Å². The molecule has 0 saturated carbocycles. The smallest absolute Gasteiger partial charge is 0.416 e. The summed E-state index contributed by atoms with van der Waals surface area (Å²) in [4.78, 5) is 13.5. The molecule has 0 unspecified atom stereocenters. The number of carbonyl (C=O) groups is 1. The van der Waals surface area contributed by atoms with Crippen LogP contribution in [-0.4, -0.2) is 19.0 Å². The molecule has 33 heavy (non-hydrogen) atoms. The minimum Gasteiger partial charge on any atom is -0.497 e. The SMILES string of the molecule is COC1=C(C(=O)c2ccc(C(F)(F)F)cc2)C[C@H](c2ccccc2)[C@H]2c3ccccc3O[C@@H]12. The predicted molar refractivity (Wildman–Crippen MR) is 117 cm³/mol. The van der Waals surface area contributed by atoms with E-state index in [2.05, 4.69) is 0 Å². The molecular formula is C27H21F3O3. The summed E-state index contributed by atoms with van der Waals surface area (Å²) in [6.45, 7) is 0. The van der Waals surface area contributed by atoms with Crippen molar-refractivity contribution >= 4 is 5.78 Å². The summed E-state index contributed by atoms with van der Waals surface area (Å²) in [5.41, 5.74) is 1.96. The van der Waals surface area contributed by atoms with Gasteiger partial charge in [0.05, 0.1) is 12.7 Å². The lowest BCUT2D eigenvalue weighted by atomic mass is 9.70. The summed E-state index contributed by atoms with van der Waals surface area (Å²) in [5, 5.41) is 0. The van der Waals surface area contributed by atoms with Gasteiger partial charge in [0.25, 0.3) is 0 Å². The number of hydrogen-bond donors (Lipinski definition) is 0. The molecule has 0 N–H and O–H groups in total. The number of fused-ring (bicyclic) bond motifs is 3. The minimum absolute atomic E-state index is 0.0392. The van der Waals surface area contributed by atoms with Crippen LogP contribution in [0.4, 0.5) is 13.2 Å². The first-order chi connectivity index (χ1) is 15.9. The lowest BCUT2D eigenvalue weighted by Crippen LogP contribution is -2.34. The molecule has 0 spiro atoms. The Balaban J connectivity index is 1.59. The lowest BCUT2D eigenvalue weighted by molar-refractivity contribution is -0.137. The van der Waals surface area contributed by atoms with Crippen LogP contribution in [0.5, 0.6) is 5.75 Å². The van der Waals surface area contributed by atoms with Crippen molar-refractivity contribution in [2.45, 2.75) is 30.5 Å². The fraction of sp³-hybridized carbons (Fsp3) is 0.222. The average molecular weight is 450 g/mol. The zero-order valence-electron chi connectivity index (χ0n) is 17.8. The van der Waals surface area contributed by atoms with Crippen molar-refractivity contribution < 1.29 is 27.4 Å². The van der Waals surface area contributed by atoms with Gasteiger partial charge in [0.1, 0.15) is 11.5 Å². The molecule has 2 aliphatic rings. The van der Waals surface area contributed by atoms with Crippen LogP contribution in [0.15, 0.2) is 90.2 Å². The van der Waals surface area contributed by atoms with E-state index in [1.165, 1.54) is 19.2 Å². The molecule has 0 radical (unpaired) electrons. The molecule has 5 rings (SSSR count). The fourth-order valence-corrected chi connectivity index (χ4v) is 4.95. The summed E-state index contributed by atoms with van der Waals surface area (Å²) in [6.07, 6.45) is -4.55. The van der Waals surface area contributed by atoms with Gasteiger partial charge in [-0.3, -0.25) is 4.79 Å². The number of para-hydroxylation sites is 1. The first kappa shape index (κ1) is 21.3. The molecule has 3 aromatic carbocycles.